The molecule has 0 heterocycles. The van der Waals surface area contributed by atoms with E-state index in [0.717, 1.165) is 44.9 Å². The van der Waals surface area contributed by atoms with Crippen LogP contribution in [0.3, 0.4) is 0 Å². The summed E-state index contributed by atoms with van der Waals surface area (Å²) < 4.78 is 0. The molecule has 3 heteroatoms. The third-order valence-corrected chi connectivity index (χ3v) is 3.26. The van der Waals surface area contributed by atoms with E-state index < -0.39 is 5.97 Å². The van der Waals surface area contributed by atoms with Crippen molar-refractivity contribution < 1.29 is 15.0 Å². The van der Waals surface area contributed by atoms with Crippen molar-refractivity contribution in [2.24, 2.45) is 0 Å². The second-order valence-electron chi connectivity index (χ2n) is 5.54. The molecule has 0 amide bonds. The largest absolute Gasteiger partial charge is 0.550 e. The molecule has 0 aromatic rings. The third-order valence-electron chi connectivity index (χ3n) is 3.26. The van der Waals surface area contributed by atoms with Crippen LogP contribution in [0.25, 0.3) is 0 Å². The van der Waals surface area contributed by atoms with Crippen LogP contribution in [0, 0.1) is 0 Å². The van der Waals surface area contributed by atoms with E-state index in [1.165, 1.54) is 0 Å². The molecule has 0 saturated heterocycles. The molecule has 3 nitrogen and oxygen atoms in total. The van der Waals surface area contributed by atoms with E-state index in [1.54, 1.807) is 0 Å². The Morgan fingerprint density at radius 1 is 0.957 bits per heavy atom. The minimum absolute atomic E-state index is 0.136. The number of hydrogen-bond acceptors (Lipinski definition) is 3. The van der Waals surface area contributed by atoms with Gasteiger partial charge in [0.25, 0.3) is 0 Å². The molecule has 130 valence electrons. The topological polar surface area (TPSA) is 60.4 Å². The number of rotatable bonds is 14. The van der Waals surface area contributed by atoms with Crippen molar-refractivity contribution in [3.8, 4) is 0 Å². The lowest BCUT2D eigenvalue weighted by atomic mass is 10.1. The maximum atomic E-state index is 10.2. The van der Waals surface area contributed by atoms with Gasteiger partial charge in [0.1, 0.15) is 0 Å². The van der Waals surface area contributed by atoms with Gasteiger partial charge in [-0.25, -0.2) is 0 Å². The molecule has 1 N–H and O–H groups in total. The second kappa shape index (κ2) is 16.8. The average Bonchev–Trinajstić information content (AvgIpc) is 2.51. The van der Waals surface area contributed by atoms with Crippen LogP contribution in [0.5, 0.6) is 0 Å². The monoisotopic (exact) mass is 319 g/mol. The van der Waals surface area contributed by atoms with E-state index in [0.29, 0.717) is 6.42 Å². The fraction of sp³-hybridized carbons (Fsp3) is 0.550. The maximum absolute atomic E-state index is 10.2. The first-order valence-electron chi connectivity index (χ1n) is 8.64. The second-order valence-corrected chi connectivity index (χ2v) is 5.54. The zero-order chi connectivity index (χ0) is 17.2. The molecule has 1 unspecified atom stereocenters. The quantitative estimate of drug-likeness (QED) is 0.391. The average molecular weight is 319 g/mol. The van der Waals surface area contributed by atoms with Crippen molar-refractivity contribution in [1.82, 2.24) is 0 Å². The van der Waals surface area contributed by atoms with Crippen LogP contribution < -0.4 is 5.11 Å². The van der Waals surface area contributed by atoms with Crippen molar-refractivity contribution in [1.29, 1.82) is 0 Å². The number of aliphatic hydroxyl groups excluding tert-OH is 1. The van der Waals surface area contributed by atoms with Gasteiger partial charge < -0.3 is 15.0 Å². The van der Waals surface area contributed by atoms with Gasteiger partial charge in [-0.05, 0) is 51.4 Å². The fourth-order valence-electron chi connectivity index (χ4n) is 2.00. The van der Waals surface area contributed by atoms with E-state index >= 15 is 0 Å². The first-order valence-corrected chi connectivity index (χ1v) is 8.64. The van der Waals surface area contributed by atoms with Gasteiger partial charge in [-0.15, -0.1) is 0 Å². The Morgan fingerprint density at radius 3 is 2.00 bits per heavy atom. The summed E-state index contributed by atoms with van der Waals surface area (Å²) in [5.41, 5.74) is 0. The van der Waals surface area contributed by atoms with Gasteiger partial charge in [-0.1, -0.05) is 62.0 Å². The van der Waals surface area contributed by atoms with Crippen LogP contribution in [-0.4, -0.2) is 17.2 Å². The van der Waals surface area contributed by atoms with Crippen LogP contribution in [0.1, 0.15) is 64.7 Å². The zero-order valence-corrected chi connectivity index (χ0v) is 14.3. The Labute approximate surface area is 141 Å². The van der Waals surface area contributed by atoms with Crippen molar-refractivity contribution in [2.75, 3.05) is 0 Å². The lowest BCUT2D eigenvalue weighted by Crippen LogP contribution is -2.21. The summed E-state index contributed by atoms with van der Waals surface area (Å²) in [5, 5.41) is 19.8. The molecule has 0 saturated carbocycles. The van der Waals surface area contributed by atoms with Crippen molar-refractivity contribution >= 4 is 5.97 Å². The van der Waals surface area contributed by atoms with Crippen LogP contribution in [0.15, 0.2) is 48.6 Å². The number of carbonyl (C=O) groups excluding carboxylic acids is 1. The number of carbonyl (C=O) groups is 1. The van der Waals surface area contributed by atoms with E-state index in [4.69, 9.17) is 0 Å². The number of carboxylic acids is 1. The summed E-state index contributed by atoms with van der Waals surface area (Å²) in [6.45, 7) is 2.08. The smallest absolute Gasteiger partial charge is 0.0574 e. The van der Waals surface area contributed by atoms with Gasteiger partial charge in [-0.2, -0.15) is 0 Å². The van der Waals surface area contributed by atoms with Crippen LogP contribution in [-0.2, 0) is 4.79 Å². The summed E-state index contributed by atoms with van der Waals surface area (Å²) in [5.74, 6) is -0.975. The molecule has 0 aliphatic rings. The van der Waals surface area contributed by atoms with E-state index in [9.17, 15) is 15.0 Å². The Balaban J connectivity index is 3.50. The highest BCUT2D eigenvalue weighted by Crippen LogP contribution is 2.02. The van der Waals surface area contributed by atoms with Crippen molar-refractivity contribution in [2.45, 2.75) is 70.8 Å². The molecule has 0 rings (SSSR count). The van der Waals surface area contributed by atoms with E-state index in [1.807, 2.05) is 12.2 Å². The molecule has 0 radical (unpaired) electrons. The predicted octanol–water partition coefficient (Wildman–Crippen LogP) is 3.85. The van der Waals surface area contributed by atoms with Crippen LogP contribution >= 0.6 is 0 Å². The molecule has 0 spiro atoms. The van der Waals surface area contributed by atoms with Crippen molar-refractivity contribution in [3.05, 3.63) is 48.6 Å². The number of allylic oxidation sites excluding steroid dienone is 7. The van der Waals surface area contributed by atoms with E-state index in [-0.39, 0.29) is 12.5 Å². The fourth-order valence-corrected chi connectivity index (χ4v) is 2.00. The summed E-state index contributed by atoms with van der Waals surface area (Å²) in [7, 11) is 0. The molecular formula is C20H31O3-. The standard InChI is InChI=1S/C20H32O3/c1-2-16-19(21)17-14-12-10-8-6-4-3-5-7-9-11-13-15-18-20(22)23/h3,5-6,8-9,11-12,14,19,21H,2,4,7,10,13,15-18H2,1H3,(H,22,23)/p-1/b5-3-,8-6-,11-9-,14-12-. The summed E-state index contributed by atoms with van der Waals surface area (Å²) >= 11 is 0. The molecule has 0 aliphatic carbocycles. The lowest BCUT2D eigenvalue weighted by molar-refractivity contribution is -0.305. The minimum Gasteiger partial charge on any atom is -0.550 e. The highest BCUT2D eigenvalue weighted by atomic mass is 16.4. The summed E-state index contributed by atoms with van der Waals surface area (Å²) in [4.78, 5) is 10.2. The maximum Gasteiger partial charge on any atom is 0.0574 e. The number of aliphatic hydroxyl groups is 1. The van der Waals surface area contributed by atoms with Gasteiger partial charge in [-0.3, -0.25) is 0 Å². The number of hydrogen-bond donors (Lipinski definition) is 1. The third kappa shape index (κ3) is 18.3. The van der Waals surface area contributed by atoms with Gasteiger partial charge in [0.05, 0.1) is 6.10 Å². The number of carboxylic acid groups (broad SMARTS) is 1. The molecular weight excluding hydrogens is 288 g/mol. The van der Waals surface area contributed by atoms with Crippen molar-refractivity contribution in [3.63, 3.8) is 0 Å². The van der Waals surface area contributed by atoms with E-state index in [2.05, 4.69) is 43.4 Å². The van der Waals surface area contributed by atoms with Gasteiger partial charge in [0.2, 0.25) is 0 Å². The summed E-state index contributed by atoms with van der Waals surface area (Å²) in [6, 6.07) is 0. The molecule has 0 aromatic heterocycles. The minimum atomic E-state index is -0.975. The molecule has 0 fully saturated rings. The molecule has 1 atom stereocenters. The molecule has 0 aromatic carbocycles. The van der Waals surface area contributed by atoms with Gasteiger partial charge in [0, 0.05) is 5.97 Å². The predicted molar refractivity (Wildman–Crippen MR) is 94.8 cm³/mol. The Morgan fingerprint density at radius 2 is 1.48 bits per heavy atom. The highest BCUT2D eigenvalue weighted by molar-refractivity contribution is 5.64. The molecule has 0 bridgehead atoms. The number of aliphatic carboxylic acids is 1. The SMILES string of the molecule is CCCC(O)C/C=C\C/C=C\C/C=C\C/C=C\CCCC(=O)[O-]. The Hall–Kier alpha value is -1.61. The molecule has 23 heavy (non-hydrogen) atoms. The van der Waals surface area contributed by atoms with Crippen LogP contribution in [0.4, 0.5) is 0 Å². The first-order chi connectivity index (χ1) is 11.2. The summed E-state index contributed by atoms with van der Waals surface area (Å²) in [6.07, 6.45) is 23.4. The van der Waals surface area contributed by atoms with Gasteiger partial charge in [0.15, 0.2) is 0 Å². The lowest BCUT2D eigenvalue weighted by Gasteiger charge is -2.03. The Bertz CT molecular complexity index is 392. The molecule has 0 aliphatic heterocycles. The normalized spacial score (nSPS) is 13.8. The number of unbranched alkanes of at least 4 members (excludes halogenated alkanes) is 1. The van der Waals surface area contributed by atoms with Crippen LogP contribution in [0.2, 0.25) is 0 Å². The highest BCUT2D eigenvalue weighted by Gasteiger charge is 1.97. The zero-order valence-electron chi connectivity index (χ0n) is 14.3. The first kappa shape index (κ1) is 21.4. The van der Waals surface area contributed by atoms with Gasteiger partial charge >= 0.3 is 0 Å². The Kier molecular flexibility index (Phi) is 15.6.